The third-order valence-corrected chi connectivity index (χ3v) is 4.06. The Morgan fingerprint density at radius 1 is 1.28 bits per heavy atom. The molecule has 1 aromatic carbocycles. The smallest absolute Gasteiger partial charge is 0.276 e. The van der Waals surface area contributed by atoms with Crippen molar-refractivity contribution in [3.63, 3.8) is 0 Å². The fourth-order valence-electron chi connectivity index (χ4n) is 2.15. The van der Waals surface area contributed by atoms with Crippen LogP contribution in [-0.4, -0.2) is 29.8 Å². The summed E-state index contributed by atoms with van der Waals surface area (Å²) in [5.74, 6) is 1.39. The van der Waals surface area contributed by atoms with Gasteiger partial charge in [-0.15, -0.1) is 10.2 Å². The zero-order chi connectivity index (χ0) is 18.4. The highest BCUT2D eigenvalue weighted by molar-refractivity contribution is 6.31. The maximum atomic E-state index is 12.4. The average molecular weight is 363 g/mol. The van der Waals surface area contributed by atoms with Gasteiger partial charge in [0, 0.05) is 17.6 Å². The Morgan fingerprint density at radius 2 is 2.04 bits per heavy atom. The number of hydrogen-bond donors (Lipinski definition) is 2. The molecule has 1 amide bonds. The van der Waals surface area contributed by atoms with Gasteiger partial charge in [-0.3, -0.25) is 4.79 Å². The van der Waals surface area contributed by atoms with Crippen molar-refractivity contribution in [1.29, 1.82) is 0 Å². The van der Waals surface area contributed by atoms with Crippen LogP contribution in [0, 0.1) is 12.8 Å². The minimum Gasteiger partial charge on any atom is -0.495 e. The van der Waals surface area contributed by atoms with E-state index in [9.17, 15) is 4.79 Å². The van der Waals surface area contributed by atoms with E-state index in [1.807, 2.05) is 6.92 Å². The molecule has 0 aliphatic carbocycles. The molecule has 0 aliphatic rings. The van der Waals surface area contributed by atoms with Gasteiger partial charge < -0.3 is 15.4 Å². The predicted molar refractivity (Wildman–Crippen MR) is 101 cm³/mol. The van der Waals surface area contributed by atoms with Gasteiger partial charge in [0.1, 0.15) is 11.6 Å². The van der Waals surface area contributed by atoms with Crippen LogP contribution in [0.1, 0.15) is 36.3 Å². The Kier molecular flexibility index (Phi) is 6.58. The summed E-state index contributed by atoms with van der Waals surface area (Å²) < 4.78 is 5.26. The van der Waals surface area contributed by atoms with Gasteiger partial charge >= 0.3 is 0 Å². The lowest BCUT2D eigenvalue weighted by Crippen LogP contribution is -2.16. The number of nitrogens with zero attached hydrogens (tertiary/aromatic N) is 2. The zero-order valence-electron chi connectivity index (χ0n) is 14.9. The van der Waals surface area contributed by atoms with E-state index in [0.29, 0.717) is 28.2 Å². The van der Waals surface area contributed by atoms with E-state index < -0.39 is 0 Å². The third-order valence-electron chi connectivity index (χ3n) is 3.65. The lowest BCUT2D eigenvalue weighted by atomic mass is 10.1. The number of methoxy groups -OCH3 is 1. The number of carbonyl (C=O) groups excluding carboxylic acids is 1. The van der Waals surface area contributed by atoms with Gasteiger partial charge in [-0.1, -0.05) is 25.4 Å². The summed E-state index contributed by atoms with van der Waals surface area (Å²) in [6.07, 6.45) is 1.04. The lowest BCUT2D eigenvalue weighted by Gasteiger charge is -2.12. The first-order valence-corrected chi connectivity index (χ1v) is 8.51. The molecular formula is C18H23ClN4O2. The van der Waals surface area contributed by atoms with E-state index in [4.69, 9.17) is 16.3 Å². The van der Waals surface area contributed by atoms with Crippen molar-refractivity contribution >= 4 is 29.0 Å². The molecule has 134 valence electrons. The van der Waals surface area contributed by atoms with E-state index in [2.05, 4.69) is 34.7 Å². The first-order chi connectivity index (χ1) is 11.9. The molecule has 25 heavy (non-hydrogen) atoms. The molecule has 0 saturated carbocycles. The maximum absolute atomic E-state index is 12.4. The van der Waals surface area contributed by atoms with Crippen LogP contribution in [0.25, 0.3) is 0 Å². The van der Waals surface area contributed by atoms with Crippen molar-refractivity contribution in [2.45, 2.75) is 27.2 Å². The van der Waals surface area contributed by atoms with E-state index >= 15 is 0 Å². The van der Waals surface area contributed by atoms with Crippen molar-refractivity contribution < 1.29 is 9.53 Å². The number of carbonyl (C=O) groups is 1. The van der Waals surface area contributed by atoms with Crippen molar-refractivity contribution in [3.05, 3.63) is 40.5 Å². The Balaban J connectivity index is 2.05. The second-order valence-electron chi connectivity index (χ2n) is 6.17. The minimum atomic E-state index is -0.360. The Hall–Kier alpha value is -2.34. The highest BCUT2D eigenvalue weighted by Gasteiger charge is 2.13. The monoisotopic (exact) mass is 362 g/mol. The van der Waals surface area contributed by atoms with Gasteiger partial charge in [-0.05, 0) is 43.0 Å². The molecule has 6 nitrogen and oxygen atoms in total. The largest absolute Gasteiger partial charge is 0.495 e. The summed E-state index contributed by atoms with van der Waals surface area (Å²) in [4.78, 5) is 12.4. The standard InChI is InChI=1S/C18H23ClN4O2/c1-11(2)7-8-20-17-6-5-14(22-23-17)18(24)21-15-9-12(3)13(19)10-16(15)25-4/h5-6,9-11H,7-8H2,1-4H3,(H,20,23)(H,21,24). The summed E-state index contributed by atoms with van der Waals surface area (Å²) in [5.41, 5.74) is 1.60. The van der Waals surface area contributed by atoms with Gasteiger partial charge in [-0.2, -0.15) is 0 Å². The number of amides is 1. The van der Waals surface area contributed by atoms with Gasteiger partial charge in [0.05, 0.1) is 12.8 Å². The zero-order valence-corrected chi connectivity index (χ0v) is 15.6. The fourth-order valence-corrected chi connectivity index (χ4v) is 2.31. The number of hydrogen-bond acceptors (Lipinski definition) is 5. The molecule has 0 spiro atoms. The van der Waals surface area contributed by atoms with Crippen molar-refractivity contribution in [3.8, 4) is 5.75 Å². The molecule has 0 atom stereocenters. The van der Waals surface area contributed by atoms with Gasteiger partial charge in [0.15, 0.2) is 5.69 Å². The molecule has 0 radical (unpaired) electrons. The lowest BCUT2D eigenvalue weighted by molar-refractivity contribution is 0.102. The highest BCUT2D eigenvalue weighted by Crippen LogP contribution is 2.31. The maximum Gasteiger partial charge on any atom is 0.276 e. The summed E-state index contributed by atoms with van der Waals surface area (Å²) in [5, 5.41) is 14.6. The van der Waals surface area contributed by atoms with Gasteiger partial charge in [0.25, 0.3) is 5.91 Å². The second kappa shape index (κ2) is 8.67. The number of anilines is 2. The van der Waals surface area contributed by atoms with Crippen LogP contribution >= 0.6 is 11.6 Å². The Labute approximate surface area is 152 Å². The molecular weight excluding hydrogens is 340 g/mol. The summed E-state index contributed by atoms with van der Waals surface area (Å²) in [7, 11) is 1.52. The molecule has 2 rings (SSSR count). The molecule has 1 aromatic heterocycles. The van der Waals surface area contributed by atoms with Crippen LogP contribution in [0.2, 0.25) is 5.02 Å². The molecule has 0 unspecified atom stereocenters. The number of rotatable bonds is 7. The van der Waals surface area contributed by atoms with Crippen LogP contribution in [0.4, 0.5) is 11.5 Å². The first-order valence-electron chi connectivity index (χ1n) is 8.13. The van der Waals surface area contributed by atoms with E-state index in [-0.39, 0.29) is 11.6 Å². The van der Waals surface area contributed by atoms with Gasteiger partial charge in [-0.25, -0.2) is 0 Å². The van der Waals surface area contributed by atoms with Gasteiger partial charge in [0.2, 0.25) is 0 Å². The molecule has 0 aliphatic heterocycles. The summed E-state index contributed by atoms with van der Waals surface area (Å²) >= 11 is 6.07. The third kappa shape index (κ3) is 5.32. The van der Waals surface area contributed by atoms with E-state index in [0.717, 1.165) is 18.5 Å². The predicted octanol–water partition coefficient (Wildman–Crippen LogP) is 4.16. The average Bonchev–Trinajstić information content (AvgIpc) is 2.58. The second-order valence-corrected chi connectivity index (χ2v) is 6.58. The van der Waals surface area contributed by atoms with Crippen LogP contribution in [0.3, 0.4) is 0 Å². The molecule has 1 heterocycles. The molecule has 2 aromatic rings. The SMILES string of the molecule is COc1cc(Cl)c(C)cc1NC(=O)c1ccc(NCCC(C)C)nn1. The Morgan fingerprint density at radius 3 is 2.64 bits per heavy atom. The summed E-state index contributed by atoms with van der Waals surface area (Å²) in [6.45, 7) is 7.00. The van der Waals surface area contributed by atoms with E-state index in [1.54, 1.807) is 24.3 Å². The van der Waals surface area contributed by atoms with E-state index in [1.165, 1.54) is 7.11 Å². The van der Waals surface area contributed by atoms with Crippen molar-refractivity contribution in [1.82, 2.24) is 10.2 Å². The van der Waals surface area contributed by atoms with Crippen LogP contribution in [0.5, 0.6) is 5.75 Å². The van der Waals surface area contributed by atoms with Crippen LogP contribution in [0.15, 0.2) is 24.3 Å². The normalized spacial score (nSPS) is 10.6. The quantitative estimate of drug-likeness (QED) is 0.773. The molecule has 7 heteroatoms. The number of ether oxygens (including phenoxy) is 1. The molecule has 0 saturated heterocycles. The first kappa shape index (κ1) is 19.0. The van der Waals surface area contributed by atoms with Crippen molar-refractivity contribution in [2.75, 3.05) is 24.3 Å². The molecule has 0 bridgehead atoms. The molecule has 2 N–H and O–H groups in total. The number of halogens is 1. The number of nitrogens with one attached hydrogen (secondary N) is 2. The van der Waals surface area contributed by atoms with Crippen LogP contribution < -0.4 is 15.4 Å². The number of aryl methyl sites for hydroxylation is 1. The fraction of sp³-hybridized carbons (Fsp3) is 0.389. The number of aromatic nitrogens is 2. The Bertz CT molecular complexity index is 733. The topological polar surface area (TPSA) is 76.1 Å². The molecule has 0 fully saturated rings. The minimum absolute atomic E-state index is 0.226. The summed E-state index contributed by atoms with van der Waals surface area (Å²) in [6, 6.07) is 6.80. The highest BCUT2D eigenvalue weighted by atomic mass is 35.5. The van der Waals surface area contributed by atoms with Crippen molar-refractivity contribution in [2.24, 2.45) is 5.92 Å². The number of benzene rings is 1. The van der Waals surface area contributed by atoms with Crippen LogP contribution in [-0.2, 0) is 0 Å².